The predicted molar refractivity (Wildman–Crippen MR) is 79.9 cm³/mol. The van der Waals surface area contributed by atoms with Crippen molar-refractivity contribution in [3.63, 3.8) is 0 Å². The molecule has 0 aromatic heterocycles. The van der Waals surface area contributed by atoms with E-state index in [0.717, 1.165) is 8.95 Å². The summed E-state index contributed by atoms with van der Waals surface area (Å²) in [7, 11) is 0. The number of hydrogen-bond donors (Lipinski definition) is 0. The molecule has 0 saturated carbocycles. The van der Waals surface area contributed by atoms with Crippen LogP contribution in [0.4, 0.5) is 0 Å². The second kappa shape index (κ2) is 7.92. The first-order valence-corrected chi connectivity index (χ1v) is 7.50. The van der Waals surface area contributed by atoms with Gasteiger partial charge in [-0.3, -0.25) is 4.79 Å². The van der Waals surface area contributed by atoms with E-state index in [1.54, 1.807) is 4.90 Å². The summed E-state index contributed by atoms with van der Waals surface area (Å²) in [6.07, 6.45) is 0. The van der Waals surface area contributed by atoms with Gasteiger partial charge in [0.25, 0.3) is 5.91 Å². The van der Waals surface area contributed by atoms with Crippen LogP contribution in [0.1, 0.15) is 24.2 Å². The first kappa shape index (κ1) is 15.7. The van der Waals surface area contributed by atoms with E-state index in [9.17, 15) is 4.79 Å². The number of likely N-dealkylation sites (N-methyl/N-ethyl adjacent to an activating group) is 1. The summed E-state index contributed by atoms with van der Waals surface area (Å²) < 4.78 is 7.07. The highest BCUT2D eigenvalue weighted by Gasteiger charge is 2.14. The van der Waals surface area contributed by atoms with Crippen molar-refractivity contribution in [2.75, 3.05) is 26.3 Å². The molecule has 1 aromatic carbocycles. The summed E-state index contributed by atoms with van der Waals surface area (Å²) in [5.41, 5.74) is 0.676. The van der Waals surface area contributed by atoms with Crippen LogP contribution < -0.4 is 0 Å². The topological polar surface area (TPSA) is 29.5 Å². The van der Waals surface area contributed by atoms with Crippen molar-refractivity contribution in [2.45, 2.75) is 13.8 Å². The van der Waals surface area contributed by atoms with Crippen molar-refractivity contribution < 1.29 is 9.53 Å². The van der Waals surface area contributed by atoms with Crippen molar-refractivity contribution in [1.29, 1.82) is 0 Å². The van der Waals surface area contributed by atoms with Gasteiger partial charge in [-0.2, -0.15) is 0 Å². The Labute approximate surface area is 125 Å². The van der Waals surface area contributed by atoms with E-state index in [2.05, 4.69) is 31.9 Å². The van der Waals surface area contributed by atoms with Crippen molar-refractivity contribution in [1.82, 2.24) is 4.90 Å². The van der Waals surface area contributed by atoms with Crippen LogP contribution >= 0.6 is 31.9 Å². The van der Waals surface area contributed by atoms with E-state index in [-0.39, 0.29) is 5.91 Å². The lowest BCUT2D eigenvalue weighted by Crippen LogP contribution is -2.33. The smallest absolute Gasteiger partial charge is 0.254 e. The van der Waals surface area contributed by atoms with Gasteiger partial charge in [0.2, 0.25) is 0 Å². The van der Waals surface area contributed by atoms with E-state index in [0.29, 0.717) is 31.9 Å². The minimum absolute atomic E-state index is 0.0270. The summed E-state index contributed by atoms with van der Waals surface area (Å²) >= 11 is 6.78. The monoisotopic (exact) mass is 377 g/mol. The van der Waals surface area contributed by atoms with Crippen molar-refractivity contribution in [3.05, 3.63) is 32.7 Å². The quantitative estimate of drug-likeness (QED) is 0.706. The van der Waals surface area contributed by atoms with Gasteiger partial charge in [-0.1, -0.05) is 31.9 Å². The fraction of sp³-hybridized carbons (Fsp3) is 0.462. The molecule has 0 saturated heterocycles. The average molecular weight is 379 g/mol. The molecule has 0 unspecified atom stereocenters. The number of ether oxygens (including phenoxy) is 1. The van der Waals surface area contributed by atoms with Crippen LogP contribution in [-0.4, -0.2) is 37.1 Å². The Hall–Kier alpha value is -0.390. The Balaban J connectivity index is 2.76. The molecule has 0 radical (unpaired) electrons. The molecule has 18 heavy (non-hydrogen) atoms. The fourth-order valence-electron chi connectivity index (χ4n) is 1.58. The highest BCUT2D eigenvalue weighted by Crippen LogP contribution is 2.21. The molecule has 5 heteroatoms. The van der Waals surface area contributed by atoms with Gasteiger partial charge < -0.3 is 9.64 Å². The number of carbonyl (C=O) groups is 1. The first-order valence-electron chi connectivity index (χ1n) is 5.91. The molecule has 3 nitrogen and oxygen atoms in total. The van der Waals surface area contributed by atoms with E-state index < -0.39 is 0 Å². The molecule has 100 valence electrons. The molecule has 1 rings (SSSR count). The minimum atomic E-state index is 0.0270. The number of nitrogens with zero attached hydrogens (tertiary/aromatic N) is 1. The Bertz CT molecular complexity index is 390. The summed E-state index contributed by atoms with van der Waals surface area (Å²) in [4.78, 5) is 14.1. The SMILES string of the molecule is CCOCCN(CC)C(=O)c1cc(Br)cc(Br)c1. The van der Waals surface area contributed by atoms with Crippen LogP contribution in [0.5, 0.6) is 0 Å². The van der Waals surface area contributed by atoms with Crippen LogP contribution in [-0.2, 0) is 4.74 Å². The second-order valence-electron chi connectivity index (χ2n) is 3.74. The number of benzene rings is 1. The number of halogens is 2. The Morgan fingerprint density at radius 2 is 1.83 bits per heavy atom. The first-order chi connectivity index (χ1) is 8.58. The normalized spacial score (nSPS) is 10.4. The van der Waals surface area contributed by atoms with Gasteiger partial charge in [-0.05, 0) is 32.0 Å². The zero-order valence-electron chi connectivity index (χ0n) is 10.6. The molecular formula is C13H17Br2NO2. The number of hydrogen-bond acceptors (Lipinski definition) is 2. The molecule has 0 aliphatic carbocycles. The molecule has 1 aromatic rings. The summed E-state index contributed by atoms with van der Waals surface area (Å²) in [6.45, 7) is 6.46. The van der Waals surface area contributed by atoms with Gasteiger partial charge in [0.15, 0.2) is 0 Å². The van der Waals surface area contributed by atoms with Crippen LogP contribution in [0, 0.1) is 0 Å². The Morgan fingerprint density at radius 1 is 1.22 bits per heavy atom. The molecule has 0 N–H and O–H groups in total. The van der Waals surface area contributed by atoms with Gasteiger partial charge in [0.1, 0.15) is 0 Å². The number of carbonyl (C=O) groups excluding carboxylic acids is 1. The van der Waals surface area contributed by atoms with Crippen LogP contribution in [0.25, 0.3) is 0 Å². The van der Waals surface area contributed by atoms with Gasteiger partial charge in [0, 0.05) is 34.2 Å². The third-order valence-electron chi connectivity index (χ3n) is 2.49. The average Bonchev–Trinajstić information content (AvgIpc) is 2.33. The maximum absolute atomic E-state index is 12.3. The highest BCUT2D eigenvalue weighted by molar-refractivity contribution is 9.11. The van der Waals surface area contributed by atoms with Crippen molar-refractivity contribution in [2.24, 2.45) is 0 Å². The standard InChI is InChI=1S/C13H17Br2NO2/c1-3-16(5-6-18-4-2)13(17)10-7-11(14)9-12(15)8-10/h7-9H,3-6H2,1-2H3. The summed E-state index contributed by atoms with van der Waals surface area (Å²) in [5.74, 6) is 0.0270. The van der Waals surface area contributed by atoms with E-state index >= 15 is 0 Å². The summed E-state index contributed by atoms with van der Waals surface area (Å²) in [5, 5.41) is 0. The van der Waals surface area contributed by atoms with E-state index in [1.807, 2.05) is 32.0 Å². The van der Waals surface area contributed by atoms with Crippen LogP contribution in [0.3, 0.4) is 0 Å². The molecule has 0 fully saturated rings. The zero-order chi connectivity index (χ0) is 13.5. The fourth-order valence-corrected chi connectivity index (χ4v) is 2.88. The number of amides is 1. The minimum Gasteiger partial charge on any atom is -0.380 e. The molecule has 0 heterocycles. The number of rotatable bonds is 6. The molecule has 0 bridgehead atoms. The third kappa shape index (κ3) is 4.71. The van der Waals surface area contributed by atoms with Gasteiger partial charge in [-0.15, -0.1) is 0 Å². The highest BCUT2D eigenvalue weighted by atomic mass is 79.9. The largest absolute Gasteiger partial charge is 0.380 e. The van der Waals surface area contributed by atoms with Gasteiger partial charge in [0.05, 0.1) is 6.61 Å². The molecule has 0 aliphatic rings. The lowest BCUT2D eigenvalue weighted by molar-refractivity contribution is 0.0669. The van der Waals surface area contributed by atoms with E-state index in [1.165, 1.54) is 0 Å². The Morgan fingerprint density at radius 3 is 2.33 bits per heavy atom. The maximum Gasteiger partial charge on any atom is 0.254 e. The Kier molecular flexibility index (Phi) is 6.89. The molecule has 0 aliphatic heterocycles. The van der Waals surface area contributed by atoms with Crippen LogP contribution in [0.15, 0.2) is 27.1 Å². The molecule has 1 amide bonds. The third-order valence-corrected chi connectivity index (χ3v) is 3.40. The van der Waals surface area contributed by atoms with Crippen molar-refractivity contribution in [3.8, 4) is 0 Å². The second-order valence-corrected chi connectivity index (χ2v) is 5.57. The van der Waals surface area contributed by atoms with Gasteiger partial charge >= 0.3 is 0 Å². The zero-order valence-corrected chi connectivity index (χ0v) is 13.8. The predicted octanol–water partition coefficient (Wildman–Crippen LogP) is 3.71. The molecular weight excluding hydrogens is 362 g/mol. The lowest BCUT2D eigenvalue weighted by atomic mass is 10.2. The molecule has 0 spiro atoms. The lowest BCUT2D eigenvalue weighted by Gasteiger charge is -2.21. The molecule has 0 atom stereocenters. The van der Waals surface area contributed by atoms with Gasteiger partial charge in [-0.25, -0.2) is 0 Å². The van der Waals surface area contributed by atoms with Crippen molar-refractivity contribution >= 4 is 37.8 Å². The van der Waals surface area contributed by atoms with E-state index in [4.69, 9.17) is 4.74 Å². The summed E-state index contributed by atoms with van der Waals surface area (Å²) in [6, 6.07) is 5.57. The van der Waals surface area contributed by atoms with Crippen LogP contribution in [0.2, 0.25) is 0 Å². The maximum atomic E-state index is 12.3.